The third-order valence-corrected chi connectivity index (χ3v) is 3.89. The van der Waals surface area contributed by atoms with Crippen LogP contribution in [0.1, 0.15) is 15.6 Å². The first-order valence-electron chi connectivity index (χ1n) is 7.04. The Morgan fingerprint density at radius 2 is 2.05 bits per heavy atom. The first-order chi connectivity index (χ1) is 9.80. The molecule has 0 bridgehead atoms. The van der Waals surface area contributed by atoms with Crippen LogP contribution in [-0.2, 0) is 23.1 Å². The van der Waals surface area contributed by atoms with Gasteiger partial charge in [-0.3, -0.25) is 4.57 Å². The van der Waals surface area contributed by atoms with E-state index in [1.165, 1.54) is 0 Å². The van der Waals surface area contributed by atoms with Gasteiger partial charge in [-0.05, 0) is 6.42 Å². The van der Waals surface area contributed by atoms with Gasteiger partial charge in [0.1, 0.15) is 12.2 Å². The Balaban J connectivity index is 1.83. The minimum Gasteiger partial charge on any atom is -0.756 e. The van der Waals surface area contributed by atoms with Crippen molar-refractivity contribution >= 4 is 7.82 Å². The molecule has 2 N–H and O–H groups in total. The van der Waals surface area contributed by atoms with Crippen LogP contribution in [0.3, 0.4) is 0 Å². The van der Waals surface area contributed by atoms with Crippen LogP contribution in [0.5, 0.6) is 0 Å². The predicted molar refractivity (Wildman–Crippen MR) is 60.2 cm³/mol. The summed E-state index contributed by atoms with van der Waals surface area (Å²) in [7, 11) is -4.69. The van der Waals surface area contributed by atoms with E-state index < -0.39 is 58.6 Å². The molecule has 112 valence electrons. The Bertz CT molecular complexity index is 399. The van der Waals surface area contributed by atoms with E-state index in [1.807, 2.05) is 0 Å². The molecule has 0 saturated carbocycles. The zero-order chi connectivity index (χ0) is 15.6. The molecule has 0 aromatic rings. The Kier molecular flexibility index (Phi) is 4.40. The van der Waals surface area contributed by atoms with E-state index in [-0.39, 0.29) is 12.8 Å². The van der Waals surface area contributed by atoms with Gasteiger partial charge in [0.15, 0.2) is 0 Å². The lowest BCUT2D eigenvalue weighted by Crippen LogP contribution is -2.31. The zero-order valence-electron chi connectivity index (χ0n) is 12.1. The molecule has 2 heterocycles. The fourth-order valence-electron chi connectivity index (χ4n) is 1.82. The van der Waals surface area contributed by atoms with Crippen molar-refractivity contribution in [3.8, 4) is 0 Å². The molecule has 2 rings (SSSR count). The Labute approximate surface area is 113 Å². The van der Waals surface area contributed by atoms with Crippen LogP contribution in [0, 0.1) is 0 Å². The Morgan fingerprint density at radius 3 is 2.68 bits per heavy atom. The fraction of sp³-hybridized carbons (Fsp3) is 1.00. The monoisotopic (exact) mass is 301 g/mol. The van der Waals surface area contributed by atoms with Crippen molar-refractivity contribution < 1.29 is 40.9 Å². The zero-order valence-corrected chi connectivity index (χ0v) is 11.0. The topological polar surface area (TPSA) is 118 Å². The largest absolute Gasteiger partial charge is 0.756 e. The number of rotatable bonds is 6. The molecule has 19 heavy (non-hydrogen) atoms. The van der Waals surface area contributed by atoms with Gasteiger partial charge >= 0.3 is 0 Å². The molecule has 7 atom stereocenters. The molecule has 2 aliphatic rings. The number of phosphoric acid groups is 1. The third-order valence-electron chi connectivity index (χ3n) is 2.89. The van der Waals surface area contributed by atoms with Crippen molar-refractivity contribution in [2.24, 2.45) is 0 Å². The standard InChI is InChI=1S/C10H19O8P/c11-5-9-8(2-4-15-9)18-19(13,14)17-6-10-7(12)1-3-16-10/h7-12H,1-6H2,(H,13,14)/p-1/t7-,8-,9+,10+/m0/s1/i3T,4T/t3-,4-,7-,8-,9+,10+. The van der Waals surface area contributed by atoms with Crippen molar-refractivity contribution in [1.82, 2.24) is 0 Å². The van der Waals surface area contributed by atoms with E-state index in [2.05, 4.69) is 4.52 Å². The molecule has 0 aromatic heterocycles. The summed E-state index contributed by atoms with van der Waals surface area (Å²) >= 11 is 0. The minimum absolute atomic E-state index is 0.00182. The van der Waals surface area contributed by atoms with Gasteiger partial charge in [0.2, 0.25) is 0 Å². The molecule has 1 unspecified atom stereocenters. The molecule has 2 saturated heterocycles. The normalized spacial score (nSPS) is 47.7. The van der Waals surface area contributed by atoms with Crippen LogP contribution in [-0.4, -0.2) is 61.0 Å². The average Bonchev–Trinajstić information content (AvgIpc) is 2.88. The molecular weight excluding hydrogens is 279 g/mol. The van der Waals surface area contributed by atoms with Crippen molar-refractivity contribution in [1.29, 1.82) is 0 Å². The lowest BCUT2D eigenvalue weighted by atomic mass is 10.2. The highest BCUT2D eigenvalue weighted by Crippen LogP contribution is 2.42. The van der Waals surface area contributed by atoms with Crippen LogP contribution in [0.2, 0.25) is 0 Å². The molecule has 0 spiro atoms. The average molecular weight is 301 g/mol. The van der Waals surface area contributed by atoms with Crippen LogP contribution < -0.4 is 4.89 Å². The summed E-state index contributed by atoms with van der Waals surface area (Å²) in [6.45, 7) is -2.80. The van der Waals surface area contributed by atoms with Gasteiger partial charge in [-0.15, -0.1) is 0 Å². The van der Waals surface area contributed by atoms with Crippen LogP contribution in [0.4, 0.5) is 0 Å². The van der Waals surface area contributed by atoms with Gasteiger partial charge in [0.25, 0.3) is 7.82 Å². The molecule has 0 aromatic carbocycles. The third kappa shape index (κ3) is 4.21. The highest BCUT2D eigenvalue weighted by atomic mass is 31.2. The van der Waals surface area contributed by atoms with E-state index in [4.69, 9.17) is 21.8 Å². The molecule has 2 fully saturated rings. The predicted octanol–water partition coefficient (Wildman–Crippen LogP) is -1.21. The smallest absolute Gasteiger partial charge is 0.268 e. The van der Waals surface area contributed by atoms with E-state index in [0.717, 1.165) is 0 Å². The second kappa shape index (κ2) is 6.60. The summed E-state index contributed by atoms with van der Waals surface area (Å²) < 4.78 is 45.7. The summed E-state index contributed by atoms with van der Waals surface area (Å²) in [5, 5.41) is 18.5. The fourth-order valence-corrected chi connectivity index (χ4v) is 2.76. The summed E-state index contributed by atoms with van der Waals surface area (Å²) in [6, 6.07) is 0. The minimum atomic E-state index is -4.69. The molecule has 0 radical (unpaired) electrons. The summed E-state index contributed by atoms with van der Waals surface area (Å²) in [5.74, 6) is 0. The summed E-state index contributed by atoms with van der Waals surface area (Å²) in [4.78, 5) is 11.7. The second-order valence-corrected chi connectivity index (χ2v) is 5.65. The number of aliphatic hydroxyl groups is 2. The van der Waals surface area contributed by atoms with Gasteiger partial charge in [0, 0.05) is 19.6 Å². The number of aliphatic hydroxyl groups excluding tert-OH is 2. The van der Waals surface area contributed by atoms with Crippen LogP contribution in [0.25, 0.3) is 0 Å². The highest BCUT2D eigenvalue weighted by Gasteiger charge is 2.33. The Hall–Kier alpha value is -0.0500. The molecule has 9 heteroatoms. The molecule has 8 nitrogen and oxygen atoms in total. The first-order valence-corrected chi connectivity index (χ1v) is 7.35. The van der Waals surface area contributed by atoms with Crippen LogP contribution >= 0.6 is 7.82 Å². The van der Waals surface area contributed by atoms with Gasteiger partial charge < -0.3 is 33.6 Å². The summed E-state index contributed by atoms with van der Waals surface area (Å²) in [6.07, 6.45) is -3.68. The molecule has 0 amide bonds. The number of phosphoric ester groups is 1. The number of hydrogen-bond acceptors (Lipinski definition) is 8. The highest BCUT2D eigenvalue weighted by molar-refractivity contribution is 7.45. The second-order valence-electron chi connectivity index (χ2n) is 4.29. The maximum Gasteiger partial charge on any atom is 0.268 e. The van der Waals surface area contributed by atoms with Gasteiger partial charge in [-0.1, -0.05) is 0 Å². The van der Waals surface area contributed by atoms with E-state index in [9.17, 15) is 14.6 Å². The maximum atomic E-state index is 11.7. The first kappa shape index (κ1) is 12.7. The lowest BCUT2D eigenvalue weighted by molar-refractivity contribution is -0.233. The van der Waals surface area contributed by atoms with E-state index in [0.29, 0.717) is 0 Å². The SMILES string of the molecule is [3H][C@H]1C[C@H](OP(=O)([O-])OC[C@H]2O[C@@H]([3H])C[C@@H]2O)[C@@H](CO)O1. The van der Waals surface area contributed by atoms with Crippen molar-refractivity contribution in [3.05, 3.63) is 0 Å². The van der Waals surface area contributed by atoms with Crippen LogP contribution in [0.15, 0.2) is 0 Å². The molecule has 2 aliphatic heterocycles. The lowest BCUT2D eigenvalue weighted by Gasteiger charge is -2.29. The maximum absolute atomic E-state index is 11.7. The Morgan fingerprint density at radius 1 is 1.37 bits per heavy atom. The number of ether oxygens (including phenoxy) is 2. The number of hydrogen-bond donors (Lipinski definition) is 2. The van der Waals surface area contributed by atoms with E-state index >= 15 is 0 Å². The van der Waals surface area contributed by atoms with Gasteiger partial charge in [-0.2, -0.15) is 0 Å². The van der Waals surface area contributed by atoms with Gasteiger partial charge in [-0.25, -0.2) is 0 Å². The van der Waals surface area contributed by atoms with Crippen molar-refractivity contribution in [2.45, 2.75) is 37.3 Å². The molecular formula is C10H18O8P-. The summed E-state index contributed by atoms with van der Waals surface area (Å²) in [5.41, 5.74) is 0. The van der Waals surface area contributed by atoms with Gasteiger partial charge in [0.05, 0.1) is 28.2 Å². The van der Waals surface area contributed by atoms with E-state index in [1.54, 1.807) is 0 Å². The van der Waals surface area contributed by atoms with Crippen molar-refractivity contribution in [2.75, 3.05) is 26.4 Å². The molecule has 0 aliphatic carbocycles. The van der Waals surface area contributed by atoms with Crippen molar-refractivity contribution in [3.63, 3.8) is 0 Å². The quantitative estimate of drug-likeness (QED) is 0.587.